The standard InChI is InChI=1S/C19H31N5O2.ClH/c1-5-16-15(11-21-24(16)19(2,3)4)18(26)22-9-6-7-14(13-22)23-10-8-20-12-17(23)25;/h11,14,20H,5-10,12-13H2,1-4H3;1H. The Kier molecular flexibility index (Phi) is 6.92. The van der Waals surface area contributed by atoms with Crippen LogP contribution in [0.4, 0.5) is 0 Å². The van der Waals surface area contributed by atoms with Crippen molar-refractivity contribution in [1.29, 1.82) is 0 Å². The Hall–Kier alpha value is -1.60. The van der Waals surface area contributed by atoms with Gasteiger partial charge in [0.05, 0.1) is 29.5 Å². The van der Waals surface area contributed by atoms with Gasteiger partial charge in [-0.15, -0.1) is 12.4 Å². The molecule has 0 aliphatic carbocycles. The summed E-state index contributed by atoms with van der Waals surface area (Å²) in [6, 6.07) is 0.130. The van der Waals surface area contributed by atoms with Crippen LogP contribution >= 0.6 is 12.4 Å². The molecule has 1 unspecified atom stereocenters. The van der Waals surface area contributed by atoms with Crippen LogP contribution in [0.1, 0.15) is 56.6 Å². The summed E-state index contributed by atoms with van der Waals surface area (Å²) in [5.74, 6) is 0.190. The molecule has 1 aromatic rings. The van der Waals surface area contributed by atoms with Crippen LogP contribution in [-0.4, -0.2) is 70.2 Å². The highest BCUT2D eigenvalue weighted by Crippen LogP contribution is 2.23. The number of piperidine rings is 1. The van der Waals surface area contributed by atoms with Crippen molar-refractivity contribution >= 4 is 24.2 Å². The van der Waals surface area contributed by atoms with Crippen LogP contribution in [0, 0.1) is 0 Å². The maximum absolute atomic E-state index is 13.2. The number of carbonyl (C=O) groups is 2. The predicted octanol–water partition coefficient (Wildman–Crippen LogP) is 1.66. The lowest BCUT2D eigenvalue weighted by atomic mass is 10.0. The molecule has 7 nitrogen and oxygen atoms in total. The minimum atomic E-state index is -0.151. The Labute approximate surface area is 167 Å². The van der Waals surface area contributed by atoms with Crippen molar-refractivity contribution in [3.05, 3.63) is 17.5 Å². The van der Waals surface area contributed by atoms with Gasteiger partial charge in [-0.1, -0.05) is 6.92 Å². The van der Waals surface area contributed by atoms with E-state index in [0.717, 1.165) is 44.6 Å². The molecule has 1 atom stereocenters. The number of hydrogen-bond donors (Lipinski definition) is 1. The molecule has 0 radical (unpaired) electrons. The van der Waals surface area contributed by atoms with Gasteiger partial charge in [-0.2, -0.15) is 5.10 Å². The van der Waals surface area contributed by atoms with E-state index in [1.165, 1.54) is 0 Å². The molecule has 2 aliphatic heterocycles. The number of rotatable bonds is 3. The van der Waals surface area contributed by atoms with Crippen LogP contribution in [0.15, 0.2) is 6.20 Å². The largest absolute Gasteiger partial charge is 0.336 e. The summed E-state index contributed by atoms with van der Waals surface area (Å²) in [4.78, 5) is 29.3. The van der Waals surface area contributed by atoms with Gasteiger partial charge in [0.1, 0.15) is 0 Å². The SMILES string of the molecule is CCc1c(C(=O)N2CCCC(N3CCNCC3=O)C2)cnn1C(C)(C)C.Cl. The number of carbonyl (C=O) groups excluding carboxylic acids is 2. The number of piperazine rings is 1. The van der Waals surface area contributed by atoms with Crippen LogP contribution in [0.2, 0.25) is 0 Å². The van der Waals surface area contributed by atoms with Crippen LogP contribution in [0.3, 0.4) is 0 Å². The molecule has 0 saturated carbocycles. The monoisotopic (exact) mass is 397 g/mol. The zero-order chi connectivity index (χ0) is 18.9. The van der Waals surface area contributed by atoms with Gasteiger partial charge in [-0.25, -0.2) is 0 Å². The average molecular weight is 398 g/mol. The van der Waals surface area contributed by atoms with Crippen molar-refractivity contribution in [2.75, 3.05) is 32.7 Å². The molecule has 1 N–H and O–H groups in total. The molecule has 152 valence electrons. The molecule has 8 heteroatoms. The minimum absolute atomic E-state index is 0. The molecule has 27 heavy (non-hydrogen) atoms. The third-order valence-corrected chi connectivity index (χ3v) is 5.32. The van der Waals surface area contributed by atoms with E-state index in [2.05, 4.69) is 38.1 Å². The highest BCUT2D eigenvalue weighted by molar-refractivity contribution is 5.95. The highest BCUT2D eigenvalue weighted by Gasteiger charge is 2.33. The molecule has 3 rings (SSSR count). The van der Waals surface area contributed by atoms with Gasteiger partial charge in [0.2, 0.25) is 5.91 Å². The van der Waals surface area contributed by atoms with Crippen molar-refractivity contribution in [2.45, 2.75) is 58.5 Å². The number of hydrogen-bond acceptors (Lipinski definition) is 4. The Morgan fingerprint density at radius 3 is 2.70 bits per heavy atom. The number of nitrogens with zero attached hydrogens (tertiary/aromatic N) is 4. The molecule has 0 aromatic carbocycles. The number of amides is 2. The van der Waals surface area contributed by atoms with Crippen molar-refractivity contribution in [1.82, 2.24) is 24.9 Å². The van der Waals surface area contributed by atoms with Gasteiger partial charge in [-0.3, -0.25) is 14.3 Å². The maximum atomic E-state index is 13.2. The Balaban J connectivity index is 0.00000261. The number of nitrogens with one attached hydrogen (secondary N) is 1. The Morgan fingerprint density at radius 1 is 1.33 bits per heavy atom. The second-order valence-electron chi connectivity index (χ2n) is 8.25. The van der Waals surface area contributed by atoms with Gasteiger partial charge in [0.25, 0.3) is 5.91 Å². The second kappa shape index (κ2) is 8.61. The van der Waals surface area contributed by atoms with Gasteiger partial charge >= 0.3 is 0 Å². The van der Waals surface area contributed by atoms with E-state index in [4.69, 9.17) is 0 Å². The highest BCUT2D eigenvalue weighted by atomic mass is 35.5. The van der Waals surface area contributed by atoms with Crippen molar-refractivity contribution in [3.8, 4) is 0 Å². The normalized spacial score (nSPS) is 21.2. The van der Waals surface area contributed by atoms with Crippen molar-refractivity contribution in [2.24, 2.45) is 0 Å². The van der Waals surface area contributed by atoms with E-state index in [0.29, 0.717) is 18.7 Å². The lowest BCUT2D eigenvalue weighted by Gasteiger charge is -2.41. The second-order valence-corrected chi connectivity index (χ2v) is 8.25. The fourth-order valence-corrected chi connectivity index (χ4v) is 4.04. The first-order valence-corrected chi connectivity index (χ1v) is 9.69. The summed E-state index contributed by atoms with van der Waals surface area (Å²) in [6.45, 7) is 11.7. The molecule has 2 aliphatic rings. The van der Waals surface area contributed by atoms with Gasteiger partial charge in [0, 0.05) is 32.2 Å². The van der Waals surface area contributed by atoms with Crippen LogP contribution in [0.25, 0.3) is 0 Å². The van der Waals surface area contributed by atoms with Crippen molar-refractivity contribution in [3.63, 3.8) is 0 Å². The van der Waals surface area contributed by atoms with E-state index in [1.54, 1.807) is 6.20 Å². The summed E-state index contributed by atoms with van der Waals surface area (Å²) in [7, 11) is 0. The predicted molar refractivity (Wildman–Crippen MR) is 107 cm³/mol. The van der Waals surface area contributed by atoms with Crippen LogP contribution in [-0.2, 0) is 16.8 Å². The maximum Gasteiger partial charge on any atom is 0.257 e. The summed E-state index contributed by atoms with van der Waals surface area (Å²) in [5.41, 5.74) is 1.54. The molecule has 2 amide bonds. The Morgan fingerprint density at radius 2 is 2.07 bits per heavy atom. The molecule has 0 spiro atoms. The minimum Gasteiger partial charge on any atom is -0.336 e. The first kappa shape index (κ1) is 21.7. The molecule has 0 bridgehead atoms. The first-order valence-electron chi connectivity index (χ1n) is 9.69. The topological polar surface area (TPSA) is 70.5 Å². The number of aromatic nitrogens is 2. The number of likely N-dealkylation sites (tertiary alicyclic amines) is 1. The quantitative estimate of drug-likeness (QED) is 0.842. The summed E-state index contributed by atoms with van der Waals surface area (Å²) in [6.07, 6.45) is 4.39. The molecule has 2 fully saturated rings. The van der Waals surface area contributed by atoms with E-state index in [9.17, 15) is 9.59 Å². The first-order chi connectivity index (χ1) is 12.3. The third kappa shape index (κ3) is 4.46. The van der Waals surface area contributed by atoms with E-state index < -0.39 is 0 Å². The lowest BCUT2D eigenvalue weighted by Crippen LogP contribution is -2.57. The van der Waals surface area contributed by atoms with Gasteiger partial charge in [0.15, 0.2) is 0 Å². The molecule has 1 aromatic heterocycles. The summed E-state index contributed by atoms with van der Waals surface area (Å²) in [5, 5.41) is 7.60. The smallest absolute Gasteiger partial charge is 0.257 e. The van der Waals surface area contributed by atoms with Crippen LogP contribution < -0.4 is 5.32 Å². The fraction of sp³-hybridized carbons (Fsp3) is 0.737. The van der Waals surface area contributed by atoms with E-state index in [-0.39, 0.29) is 35.8 Å². The van der Waals surface area contributed by atoms with E-state index >= 15 is 0 Å². The summed E-state index contributed by atoms with van der Waals surface area (Å²) < 4.78 is 1.96. The Bertz CT molecular complexity index is 682. The fourth-order valence-electron chi connectivity index (χ4n) is 4.04. The van der Waals surface area contributed by atoms with Crippen molar-refractivity contribution < 1.29 is 9.59 Å². The zero-order valence-corrected chi connectivity index (χ0v) is 17.6. The molecule has 3 heterocycles. The van der Waals surface area contributed by atoms with Crippen LogP contribution in [0.5, 0.6) is 0 Å². The zero-order valence-electron chi connectivity index (χ0n) is 16.8. The molecule has 2 saturated heterocycles. The lowest BCUT2D eigenvalue weighted by molar-refractivity contribution is -0.135. The summed E-state index contributed by atoms with van der Waals surface area (Å²) >= 11 is 0. The van der Waals surface area contributed by atoms with Gasteiger partial charge in [-0.05, 0) is 40.0 Å². The average Bonchev–Trinajstić information content (AvgIpc) is 3.06. The molecular formula is C19H32ClN5O2. The third-order valence-electron chi connectivity index (χ3n) is 5.32. The van der Waals surface area contributed by atoms with E-state index in [1.807, 2.05) is 14.5 Å². The molecular weight excluding hydrogens is 366 g/mol. The van der Waals surface area contributed by atoms with Gasteiger partial charge < -0.3 is 15.1 Å². The number of halogens is 1.